The number of benzene rings is 2. The molecule has 0 bridgehead atoms. The minimum atomic E-state index is -1.06. The molecule has 0 amide bonds. The minimum Gasteiger partial charge on any atom is -0.505 e. The van der Waals surface area contributed by atoms with E-state index < -0.39 is 5.97 Å². The molecular formula is C21H24N2O6. The van der Waals surface area contributed by atoms with Gasteiger partial charge in [0.05, 0.1) is 27.0 Å². The van der Waals surface area contributed by atoms with Gasteiger partial charge in [-0.1, -0.05) is 12.6 Å². The van der Waals surface area contributed by atoms with Crippen molar-refractivity contribution in [2.24, 2.45) is 10.2 Å². The molecule has 0 heterocycles. The molecule has 0 fully saturated rings. The molecule has 2 aromatic rings. The van der Waals surface area contributed by atoms with Gasteiger partial charge in [0.15, 0.2) is 11.5 Å². The van der Waals surface area contributed by atoms with Gasteiger partial charge in [-0.2, -0.15) is 5.11 Å². The number of carboxylic acid groups (broad SMARTS) is 1. The average Bonchev–Trinajstić information content (AvgIpc) is 2.71. The fraction of sp³-hybridized carbons (Fsp3) is 0.286. The third-order valence-corrected chi connectivity index (χ3v) is 4.23. The van der Waals surface area contributed by atoms with Gasteiger partial charge in [0.25, 0.3) is 0 Å². The van der Waals surface area contributed by atoms with Gasteiger partial charge in [0.1, 0.15) is 11.4 Å². The highest BCUT2D eigenvalue weighted by molar-refractivity contribution is 5.85. The minimum absolute atomic E-state index is 0.0509. The topological polar surface area (TPSA) is 110 Å². The molecule has 2 N–H and O–H groups in total. The molecule has 0 radical (unpaired) electrons. The molecule has 8 nitrogen and oxygen atoms in total. The van der Waals surface area contributed by atoms with E-state index in [-0.39, 0.29) is 23.4 Å². The van der Waals surface area contributed by atoms with Crippen LogP contribution in [0.1, 0.15) is 17.5 Å². The number of hydrogen-bond donors (Lipinski definition) is 2. The lowest BCUT2D eigenvalue weighted by Crippen LogP contribution is -2.00. The van der Waals surface area contributed by atoms with Crippen LogP contribution in [0.25, 0.3) is 0 Å². The van der Waals surface area contributed by atoms with Crippen LogP contribution in [0.4, 0.5) is 11.4 Å². The van der Waals surface area contributed by atoms with Gasteiger partial charge in [-0.05, 0) is 37.0 Å². The summed E-state index contributed by atoms with van der Waals surface area (Å²) < 4.78 is 15.9. The average molecular weight is 400 g/mol. The third kappa shape index (κ3) is 5.25. The molecule has 0 aromatic heterocycles. The van der Waals surface area contributed by atoms with Gasteiger partial charge in [-0.25, -0.2) is 4.79 Å². The molecule has 0 saturated heterocycles. The van der Waals surface area contributed by atoms with Crippen molar-refractivity contribution in [3.63, 3.8) is 0 Å². The highest BCUT2D eigenvalue weighted by Gasteiger charge is 2.14. The third-order valence-electron chi connectivity index (χ3n) is 4.23. The van der Waals surface area contributed by atoms with E-state index in [4.69, 9.17) is 19.3 Å². The maximum Gasteiger partial charge on any atom is 0.330 e. The van der Waals surface area contributed by atoms with Gasteiger partial charge in [-0.3, -0.25) is 0 Å². The maximum atomic E-state index is 10.9. The van der Waals surface area contributed by atoms with Crippen LogP contribution in [0.5, 0.6) is 23.0 Å². The Hall–Kier alpha value is -3.55. The summed E-state index contributed by atoms with van der Waals surface area (Å²) in [6, 6.07) is 6.74. The summed E-state index contributed by atoms with van der Waals surface area (Å²) in [7, 11) is 4.51. The Morgan fingerprint density at radius 2 is 1.66 bits per heavy atom. The van der Waals surface area contributed by atoms with Crippen molar-refractivity contribution < 1.29 is 29.2 Å². The second-order valence-electron chi connectivity index (χ2n) is 6.28. The van der Waals surface area contributed by atoms with Crippen LogP contribution < -0.4 is 14.2 Å². The second-order valence-corrected chi connectivity index (χ2v) is 6.28. The zero-order valence-corrected chi connectivity index (χ0v) is 16.9. The van der Waals surface area contributed by atoms with E-state index in [1.807, 2.05) is 6.92 Å². The van der Waals surface area contributed by atoms with Crippen molar-refractivity contribution in [1.82, 2.24) is 0 Å². The fourth-order valence-corrected chi connectivity index (χ4v) is 2.73. The van der Waals surface area contributed by atoms with Crippen LogP contribution in [0.2, 0.25) is 0 Å². The fourth-order valence-electron chi connectivity index (χ4n) is 2.73. The predicted molar refractivity (Wildman–Crippen MR) is 108 cm³/mol. The smallest absolute Gasteiger partial charge is 0.330 e. The van der Waals surface area contributed by atoms with Crippen molar-refractivity contribution >= 4 is 17.3 Å². The van der Waals surface area contributed by atoms with Crippen LogP contribution in [-0.4, -0.2) is 37.5 Å². The number of aliphatic carboxylic acids is 1. The SMILES string of the molecule is C=C(CCc1cc(C)cc(N=Nc2cc(OC)c(OC)c(OC)c2)c1O)C(=O)O. The van der Waals surface area contributed by atoms with Gasteiger partial charge < -0.3 is 24.4 Å². The quantitative estimate of drug-likeness (QED) is 0.466. The molecule has 0 aliphatic rings. The highest BCUT2D eigenvalue weighted by Crippen LogP contribution is 2.42. The first kappa shape index (κ1) is 21.7. The Morgan fingerprint density at radius 1 is 1.03 bits per heavy atom. The van der Waals surface area contributed by atoms with Crippen molar-refractivity contribution in [2.75, 3.05) is 21.3 Å². The van der Waals surface area contributed by atoms with Crippen LogP contribution >= 0.6 is 0 Å². The van der Waals surface area contributed by atoms with E-state index in [1.165, 1.54) is 21.3 Å². The summed E-state index contributed by atoms with van der Waals surface area (Å²) in [6.07, 6.45) is 0.543. The summed E-state index contributed by atoms with van der Waals surface area (Å²) in [5.41, 5.74) is 2.23. The number of methoxy groups -OCH3 is 3. The number of phenols is 1. The Morgan fingerprint density at radius 3 is 2.17 bits per heavy atom. The van der Waals surface area contributed by atoms with E-state index >= 15 is 0 Å². The maximum absolute atomic E-state index is 10.9. The second kappa shape index (κ2) is 9.59. The largest absolute Gasteiger partial charge is 0.505 e. The summed E-state index contributed by atoms with van der Waals surface area (Å²) in [5, 5.41) is 27.8. The monoisotopic (exact) mass is 400 g/mol. The Bertz CT molecular complexity index is 927. The predicted octanol–water partition coefficient (Wildman–Crippen LogP) is 4.72. The molecule has 0 aliphatic carbocycles. The normalized spacial score (nSPS) is 10.8. The lowest BCUT2D eigenvalue weighted by atomic mass is 10.0. The number of aromatic hydroxyl groups is 1. The lowest BCUT2D eigenvalue weighted by molar-refractivity contribution is -0.132. The Labute approximate surface area is 169 Å². The summed E-state index contributed by atoms with van der Waals surface area (Å²) >= 11 is 0. The molecule has 0 spiro atoms. The molecule has 0 atom stereocenters. The first-order valence-corrected chi connectivity index (χ1v) is 8.76. The van der Waals surface area contributed by atoms with E-state index in [2.05, 4.69) is 16.8 Å². The van der Waals surface area contributed by atoms with Gasteiger partial charge in [0, 0.05) is 17.7 Å². The summed E-state index contributed by atoms with van der Waals surface area (Å²) in [6.45, 7) is 5.36. The molecule has 0 saturated carbocycles. The number of hydrogen-bond acceptors (Lipinski definition) is 7. The van der Waals surface area contributed by atoms with Gasteiger partial charge >= 0.3 is 5.97 Å². The number of rotatable bonds is 9. The van der Waals surface area contributed by atoms with Crippen LogP contribution in [0.15, 0.2) is 46.6 Å². The van der Waals surface area contributed by atoms with Crippen LogP contribution in [0.3, 0.4) is 0 Å². The van der Waals surface area contributed by atoms with E-state index in [0.29, 0.717) is 34.9 Å². The standard InChI is InChI=1S/C21H24N2O6/c1-12-8-14(7-6-13(2)21(25)26)19(24)16(9-12)23-22-15-10-17(27-3)20(29-5)18(11-15)28-4/h8-11,24H,2,6-7H2,1,3-5H3,(H,25,26). The van der Waals surface area contributed by atoms with E-state index in [9.17, 15) is 9.90 Å². The van der Waals surface area contributed by atoms with Crippen LogP contribution in [-0.2, 0) is 11.2 Å². The number of nitrogens with zero attached hydrogens (tertiary/aromatic N) is 2. The summed E-state index contributed by atoms with van der Waals surface area (Å²) in [5.74, 6) is 0.196. The number of carboxylic acids is 1. The number of ether oxygens (including phenoxy) is 3. The molecule has 0 unspecified atom stereocenters. The summed E-state index contributed by atoms with van der Waals surface area (Å²) in [4.78, 5) is 10.9. The number of aryl methyl sites for hydroxylation is 2. The number of azo groups is 1. The van der Waals surface area contributed by atoms with Gasteiger partial charge in [-0.15, -0.1) is 5.11 Å². The Kier molecular flexibility index (Phi) is 7.19. The molecule has 0 aliphatic heterocycles. The van der Waals surface area contributed by atoms with Gasteiger partial charge in [0.2, 0.25) is 5.75 Å². The van der Waals surface area contributed by atoms with Crippen molar-refractivity contribution in [3.8, 4) is 23.0 Å². The number of phenolic OH excluding ortho intramolecular Hbond substituents is 1. The van der Waals surface area contributed by atoms with Crippen molar-refractivity contribution in [3.05, 3.63) is 47.5 Å². The molecule has 29 heavy (non-hydrogen) atoms. The van der Waals surface area contributed by atoms with Crippen molar-refractivity contribution in [2.45, 2.75) is 19.8 Å². The molecule has 2 aromatic carbocycles. The highest BCUT2D eigenvalue weighted by atomic mass is 16.5. The first-order chi connectivity index (χ1) is 13.8. The van der Waals surface area contributed by atoms with E-state index in [1.54, 1.807) is 24.3 Å². The van der Waals surface area contributed by atoms with E-state index in [0.717, 1.165) is 5.56 Å². The first-order valence-electron chi connectivity index (χ1n) is 8.76. The molecule has 154 valence electrons. The zero-order chi connectivity index (χ0) is 21.6. The Balaban J connectivity index is 2.35. The molecular weight excluding hydrogens is 376 g/mol. The number of carbonyl (C=O) groups is 1. The zero-order valence-electron chi connectivity index (χ0n) is 16.9. The van der Waals surface area contributed by atoms with Crippen molar-refractivity contribution in [1.29, 1.82) is 0 Å². The molecule has 2 rings (SSSR count). The van der Waals surface area contributed by atoms with Crippen LogP contribution in [0, 0.1) is 6.92 Å². The lowest BCUT2D eigenvalue weighted by Gasteiger charge is -2.12. The molecule has 8 heteroatoms.